The Morgan fingerprint density at radius 2 is 2.00 bits per heavy atom. The maximum Gasteiger partial charge on any atom is 0.322 e. The molecule has 0 saturated carbocycles. The van der Waals surface area contributed by atoms with Crippen molar-refractivity contribution in [2.24, 2.45) is 5.92 Å². The summed E-state index contributed by atoms with van der Waals surface area (Å²) in [7, 11) is -4.30. The van der Waals surface area contributed by atoms with Gasteiger partial charge >= 0.3 is 5.97 Å². The molecule has 0 saturated heterocycles. The van der Waals surface area contributed by atoms with E-state index in [0.717, 1.165) is 18.2 Å². The molecule has 1 rings (SSSR count). The molecule has 21 heavy (non-hydrogen) atoms. The molecule has 10 heteroatoms. The lowest BCUT2D eigenvalue weighted by Gasteiger charge is -2.18. The molecule has 0 aromatic heterocycles. The monoisotopic (exact) mass is 336 g/mol. The number of nitrogens with one attached hydrogen (secondary N) is 1. The van der Waals surface area contributed by atoms with Gasteiger partial charge in [0, 0.05) is 12.1 Å². The van der Waals surface area contributed by atoms with Gasteiger partial charge in [0.15, 0.2) is 0 Å². The minimum Gasteiger partial charge on any atom is -0.480 e. The van der Waals surface area contributed by atoms with Crippen LogP contribution in [-0.2, 0) is 14.8 Å². The molecule has 0 heterocycles. The van der Waals surface area contributed by atoms with Crippen LogP contribution in [-0.4, -0.2) is 30.5 Å². The molecule has 0 aliphatic carbocycles. The van der Waals surface area contributed by atoms with Crippen molar-refractivity contribution in [3.05, 3.63) is 33.3 Å². The summed E-state index contributed by atoms with van der Waals surface area (Å²) >= 11 is 5.74. The fourth-order valence-corrected chi connectivity index (χ4v) is 3.37. The number of sulfonamides is 1. The maximum atomic E-state index is 12.2. The van der Waals surface area contributed by atoms with E-state index >= 15 is 0 Å². The van der Waals surface area contributed by atoms with E-state index in [9.17, 15) is 23.3 Å². The molecule has 0 spiro atoms. The third kappa shape index (κ3) is 4.13. The first-order valence-corrected chi connectivity index (χ1v) is 7.61. The second-order valence-electron chi connectivity index (χ2n) is 4.55. The van der Waals surface area contributed by atoms with Crippen molar-refractivity contribution < 1.29 is 23.2 Å². The second kappa shape index (κ2) is 6.37. The highest BCUT2D eigenvalue weighted by Crippen LogP contribution is 2.26. The average Bonchev–Trinajstić information content (AvgIpc) is 2.35. The van der Waals surface area contributed by atoms with Crippen molar-refractivity contribution in [2.45, 2.75) is 24.8 Å². The standard InChI is InChI=1S/C11H13ClN2O6S/c1-6(2)10(11(15)16)13-21(19,20)9-5-7(14(17)18)3-4-8(9)12/h3-6,10,13H,1-2H3,(H,15,16). The van der Waals surface area contributed by atoms with Crippen molar-refractivity contribution in [3.8, 4) is 0 Å². The Kier molecular flexibility index (Phi) is 5.26. The first-order chi connectivity index (χ1) is 9.56. The highest BCUT2D eigenvalue weighted by Gasteiger charge is 2.30. The summed E-state index contributed by atoms with van der Waals surface area (Å²) in [5.41, 5.74) is -0.462. The fourth-order valence-electron chi connectivity index (χ4n) is 1.51. The van der Waals surface area contributed by atoms with Crippen molar-refractivity contribution in [2.75, 3.05) is 0 Å². The van der Waals surface area contributed by atoms with E-state index in [0.29, 0.717) is 0 Å². The van der Waals surface area contributed by atoms with Gasteiger partial charge in [0.1, 0.15) is 10.9 Å². The van der Waals surface area contributed by atoms with E-state index in [-0.39, 0.29) is 5.02 Å². The predicted octanol–water partition coefficient (Wildman–Crippen LogP) is 1.64. The molecule has 0 bridgehead atoms. The number of carboxylic acids is 1. The number of nitro groups is 1. The Hall–Kier alpha value is -1.71. The number of nitro benzene ring substituents is 1. The number of aliphatic carboxylic acids is 1. The van der Waals surface area contributed by atoms with Crippen LogP contribution in [0, 0.1) is 16.0 Å². The van der Waals surface area contributed by atoms with Crippen LogP contribution in [0.15, 0.2) is 23.1 Å². The smallest absolute Gasteiger partial charge is 0.322 e. The predicted molar refractivity (Wildman–Crippen MR) is 74.7 cm³/mol. The summed E-state index contributed by atoms with van der Waals surface area (Å²) < 4.78 is 26.3. The minimum atomic E-state index is -4.30. The largest absolute Gasteiger partial charge is 0.480 e. The number of non-ortho nitro benzene ring substituents is 1. The first kappa shape index (κ1) is 17.3. The average molecular weight is 337 g/mol. The molecule has 1 unspecified atom stereocenters. The van der Waals surface area contributed by atoms with E-state index in [1.807, 2.05) is 4.72 Å². The zero-order valence-electron chi connectivity index (χ0n) is 11.1. The SMILES string of the molecule is CC(C)C(NS(=O)(=O)c1cc([N+](=O)[O-])ccc1Cl)C(=O)O. The molecule has 1 atom stereocenters. The Morgan fingerprint density at radius 3 is 2.43 bits per heavy atom. The number of nitrogens with zero attached hydrogens (tertiary/aromatic N) is 1. The number of hydrogen-bond donors (Lipinski definition) is 2. The van der Waals surface area contributed by atoms with Gasteiger partial charge in [-0.15, -0.1) is 0 Å². The van der Waals surface area contributed by atoms with Crippen molar-refractivity contribution in [3.63, 3.8) is 0 Å². The third-order valence-electron chi connectivity index (χ3n) is 2.63. The molecule has 0 amide bonds. The van der Waals surface area contributed by atoms with Crippen LogP contribution < -0.4 is 4.72 Å². The molecule has 1 aromatic carbocycles. The lowest BCUT2D eigenvalue weighted by molar-refractivity contribution is -0.385. The van der Waals surface area contributed by atoms with Gasteiger partial charge in [-0.2, -0.15) is 4.72 Å². The summed E-state index contributed by atoms with van der Waals surface area (Å²) in [6.07, 6.45) is 0. The topological polar surface area (TPSA) is 127 Å². The summed E-state index contributed by atoms with van der Waals surface area (Å²) in [4.78, 5) is 20.4. The summed E-state index contributed by atoms with van der Waals surface area (Å²) in [5.74, 6) is -1.87. The van der Waals surface area contributed by atoms with Crippen molar-refractivity contribution >= 4 is 33.3 Å². The van der Waals surface area contributed by atoms with E-state index in [4.69, 9.17) is 16.7 Å². The highest BCUT2D eigenvalue weighted by atomic mass is 35.5. The summed E-state index contributed by atoms with van der Waals surface area (Å²) in [6.45, 7) is 3.05. The van der Waals surface area contributed by atoms with Crippen molar-refractivity contribution in [1.29, 1.82) is 0 Å². The van der Waals surface area contributed by atoms with E-state index in [1.165, 1.54) is 13.8 Å². The van der Waals surface area contributed by atoms with Crippen LogP contribution in [0.2, 0.25) is 5.02 Å². The van der Waals surface area contributed by atoms with Crippen LogP contribution in [0.5, 0.6) is 0 Å². The number of hydrogen-bond acceptors (Lipinski definition) is 5. The molecule has 0 aliphatic rings. The first-order valence-electron chi connectivity index (χ1n) is 5.75. The number of halogens is 1. The van der Waals surface area contributed by atoms with Gasteiger partial charge in [-0.1, -0.05) is 25.4 Å². The molecule has 2 N–H and O–H groups in total. The Balaban J connectivity index is 3.27. The Labute approximate surface area is 125 Å². The minimum absolute atomic E-state index is 0.235. The van der Waals surface area contributed by atoms with Gasteiger partial charge in [0.25, 0.3) is 5.69 Å². The van der Waals surface area contributed by atoms with Crippen LogP contribution in [0.3, 0.4) is 0 Å². The maximum absolute atomic E-state index is 12.2. The summed E-state index contributed by atoms with van der Waals surface area (Å²) in [6, 6.07) is 1.53. The lowest BCUT2D eigenvalue weighted by atomic mass is 10.1. The molecule has 0 fully saturated rings. The number of carboxylic acid groups (broad SMARTS) is 1. The molecule has 8 nitrogen and oxygen atoms in total. The lowest BCUT2D eigenvalue weighted by Crippen LogP contribution is -2.44. The third-order valence-corrected chi connectivity index (χ3v) is 4.55. The molecular weight excluding hydrogens is 324 g/mol. The van der Waals surface area contributed by atoms with Crippen LogP contribution in [0.1, 0.15) is 13.8 Å². The fraction of sp³-hybridized carbons (Fsp3) is 0.364. The molecular formula is C11H13ClN2O6S. The number of carbonyl (C=O) groups is 1. The number of rotatable bonds is 6. The zero-order chi connectivity index (χ0) is 16.4. The van der Waals surface area contributed by atoms with Gasteiger partial charge < -0.3 is 5.11 Å². The Morgan fingerprint density at radius 1 is 1.43 bits per heavy atom. The van der Waals surface area contributed by atoms with Gasteiger partial charge in [-0.25, -0.2) is 8.42 Å². The molecule has 116 valence electrons. The summed E-state index contributed by atoms with van der Waals surface area (Å²) in [5, 5.41) is 19.4. The van der Waals surface area contributed by atoms with Crippen LogP contribution in [0.4, 0.5) is 5.69 Å². The Bertz CT molecular complexity index is 673. The second-order valence-corrected chi connectivity index (χ2v) is 6.64. The van der Waals surface area contributed by atoms with Crippen LogP contribution >= 0.6 is 11.6 Å². The quantitative estimate of drug-likeness (QED) is 0.600. The van der Waals surface area contributed by atoms with Crippen LogP contribution in [0.25, 0.3) is 0 Å². The molecule has 0 radical (unpaired) electrons. The van der Waals surface area contributed by atoms with Crippen molar-refractivity contribution in [1.82, 2.24) is 4.72 Å². The van der Waals surface area contributed by atoms with E-state index in [2.05, 4.69) is 0 Å². The number of benzene rings is 1. The zero-order valence-corrected chi connectivity index (χ0v) is 12.7. The molecule has 1 aromatic rings. The van der Waals surface area contributed by atoms with Gasteiger partial charge in [-0.05, 0) is 12.0 Å². The highest BCUT2D eigenvalue weighted by molar-refractivity contribution is 7.89. The van der Waals surface area contributed by atoms with Gasteiger partial charge in [0.2, 0.25) is 10.0 Å². The van der Waals surface area contributed by atoms with Gasteiger partial charge in [0.05, 0.1) is 9.95 Å². The van der Waals surface area contributed by atoms with E-state index in [1.54, 1.807) is 0 Å². The molecule has 0 aliphatic heterocycles. The van der Waals surface area contributed by atoms with Gasteiger partial charge in [-0.3, -0.25) is 14.9 Å². The van der Waals surface area contributed by atoms with E-state index < -0.39 is 43.5 Å². The normalized spacial score (nSPS) is 13.1.